The Morgan fingerprint density at radius 1 is 1.62 bits per heavy atom. The molecule has 13 heavy (non-hydrogen) atoms. The van der Waals surface area contributed by atoms with Crippen LogP contribution in [-0.4, -0.2) is 17.6 Å². The molecule has 0 saturated heterocycles. The second kappa shape index (κ2) is 5.17. The van der Waals surface area contributed by atoms with Gasteiger partial charge >= 0.3 is 0 Å². The fourth-order valence-corrected chi connectivity index (χ4v) is 1.09. The highest BCUT2D eigenvalue weighted by atomic mass is 35.5. The lowest BCUT2D eigenvalue weighted by Gasteiger charge is -2.06. The number of pyridine rings is 1. The van der Waals surface area contributed by atoms with Crippen molar-refractivity contribution < 1.29 is 4.74 Å². The predicted molar refractivity (Wildman–Crippen MR) is 52.6 cm³/mol. The molecule has 0 fully saturated rings. The normalized spacial score (nSPS) is 12.8. The van der Waals surface area contributed by atoms with Crippen LogP contribution in [0.25, 0.3) is 0 Å². The summed E-state index contributed by atoms with van der Waals surface area (Å²) in [5.74, 6) is 0. The van der Waals surface area contributed by atoms with Crippen LogP contribution in [0.3, 0.4) is 0 Å². The van der Waals surface area contributed by atoms with Crippen molar-refractivity contribution in [1.82, 2.24) is 4.98 Å². The number of nitrogens with two attached hydrogens (primary N) is 1. The number of nitrogens with zero attached hydrogens (tertiary/aromatic N) is 1. The van der Waals surface area contributed by atoms with Crippen molar-refractivity contribution in [3.05, 3.63) is 29.0 Å². The number of rotatable bonds is 4. The summed E-state index contributed by atoms with van der Waals surface area (Å²) in [4.78, 5) is 3.94. The Bertz CT molecular complexity index is 266. The zero-order valence-corrected chi connectivity index (χ0v) is 8.29. The lowest BCUT2D eigenvalue weighted by Crippen LogP contribution is -2.21. The summed E-state index contributed by atoms with van der Waals surface area (Å²) in [5.41, 5.74) is 6.49. The molecule has 1 heterocycles. The molecule has 4 heteroatoms. The second-order valence-electron chi connectivity index (χ2n) is 3.00. The Morgan fingerprint density at radius 2 is 2.38 bits per heavy atom. The molecule has 0 bridgehead atoms. The zero-order chi connectivity index (χ0) is 9.68. The van der Waals surface area contributed by atoms with E-state index in [-0.39, 0.29) is 6.04 Å². The Kier molecular flexibility index (Phi) is 4.15. The molecule has 0 aromatic carbocycles. The lowest BCUT2D eigenvalue weighted by atomic mass is 10.3. The molecule has 0 spiro atoms. The maximum Gasteiger partial charge on any atom is 0.0733 e. The van der Waals surface area contributed by atoms with Crippen LogP contribution in [0.5, 0.6) is 0 Å². The fourth-order valence-electron chi connectivity index (χ4n) is 0.897. The minimum absolute atomic E-state index is 0.0622. The topological polar surface area (TPSA) is 48.1 Å². The van der Waals surface area contributed by atoms with Gasteiger partial charge in [0, 0.05) is 18.4 Å². The maximum absolute atomic E-state index is 5.74. The highest BCUT2D eigenvalue weighted by Gasteiger charge is 1.97. The summed E-state index contributed by atoms with van der Waals surface area (Å²) in [6.07, 6.45) is 3.32. The van der Waals surface area contributed by atoms with E-state index in [1.807, 2.05) is 13.0 Å². The summed E-state index contributed by atoms with van der Waals surface area (Å²) in [6, 6.07) is 1.89. The van der Waals surface area contributed by atoms with E-state index < -0.39 is 0 Å². The predicted octanol–water partition coefficient (Wildman–Crippen LogP) is 1.60. The summed E-state index contributed by atoms with van der Waals surface area (Å²) in [6.45, 7) is 2.96. The van der Waals surface area contributed by atoms with E-state index in [1.165, 1.54) is 0 Å². The minimum Gasteiger partial charge on any atom is -0.375 e. The molecule has 0 aliphatic heterocycles. The first-order valence-corrected chi connectivity index (χ1v) is 4.49. The van der Waals surface area contributed by atoms with Gasteiger partial charge in [0.05, 0.1) is 18.2 Å². The second-order valence-corrected chi connectivity index (χ2v) is 3.44. The first-order chi connectivity index (χ1) is 6.18. The van der Waals surface area contributed by atoms with Gasteiger partial charge in [-0.2, -0.15) is 0 Å². The van der Waals surface area contributed by atoms with Crippen LogP contribution in [0.2, 0.25) is 5.02 Å². The molecule has 0 amide bonds. The lowest BCUT2D eigenvalue weighted by molar-refractivity contribution is 0.111. The van der Waals surface area contributed by atoms with Gasteiger partial charge in [-0.3, -0.25) is 4.98 Å². The van der Waals surface area contributed by atoms with Gasteiger partial charge in [-0.15, -0.1) is 0 Å². The third-order valence-electron chi connectivity index (χ3n) is 1.41. The molecule has 0 aliphatic carbocycles. The molecule has 0 radical (unpaired) electrons. The van der Waals surface area contributed by atoms with Crippen molar-refractivity contribution in [2.45, 2.75) is 19.6 Å². The highest BCUT2D eigenvalue weighted by molar-refractivity contribution is 6.30. The maximum atomic E-state index is 5.74. The Morgan fingerprint density at radius 3 is 3.00 bits per heavy atom. The first kappa shape index (κ1) is 10.4. The molecule has 0 unspecified atom stereocenters. The quantitative estimate of drug-likeness (QED) is 0.803. The first-order valence-electron chi connectivity index (χ1n) is 4.11. The van der Waals surface area contributed by atoms with Crippen molar-refractivity contribution in [2.24, 2.45) is 5.73 Å². The number of halogens is 1. The van der Waals surface area contributed by atoms with Gasteiger partial charge in [0.2, 0.25) is 0 Å². The smallest absolute Gasteiger partial charge is 0.0733 e. The molecule has 0 aliphatic rings. The van der Waals surface area contributed by atoms with Crippen molar-refractivity contribution in [2.75, 3.05) is 6.61 Å². The van der Waals surface area contributed by atoms with Crippen LogP contribution < -0.4 is 5.73 Å². The van der Waals surface area contributed by atoms with Gasteiger partial charge in [0.15, 0.2) is 0 Å². The summed E-state index contributed by atoms with van der Waals surface area (Å²) in [5, 5.41) is 0.627. The van der Waals surface area contributed by atoms with Crippen molar-refractivity contribution in [1.29, 1.82) is 0 Å². The molecule has 0 saturated carbocycles. The Hall–Kier alpha value is -0.640. The van der Waals surface area contributed by atoms with Crippen molar-refractivity contribution >= 4 is 11.6 Å². The van der Waals surface area contributed by atoms with E-state index in [0.29, 0.717) is 18.2 Å². The van der Waals surface area contributed by atoms with Crippen LogP contribution in [0, 0.1) is 0 Å². The van der Waals surface area contributed by atoms with Crippen LogP contribution in [0.15, 0.2) is 18.5 Å². The molecule has 2 N–H and O–H groups in total. The molecular formula is C9H13ClN2O. The highest BCUT2D eigenvalue weighted by Crippen LogP contribution is 2.09. The standard InChI is InChI=1S/C9H13ClN2O/c1-7(11)5-13-6-8-2-9(10)4-12-3-8/h2-4,7H,5-6,11H2,1H3/t7-/m0/s1. The van der Waals surface area contributed by atoms with E-state index in [9.17, 15) is 0 Å². The third-order valence-corrected chi connectivity index (χ3v) is 1.62. The zero-order valence-electron chi connectivity index (χ0n) is 7.53. The average Bonchev–Trinajstić information content (AvgIpc) is 2.03. The van der Waals surface area contributed by atoms with Crippen LogP contribution in [-0.2, 0) is 11.3 Å². The fraction of sp³-hybridized carbons (Fsp3) is 0.444. The Labute approximate surface area is 82.9 Å². The van der Waals surface area contributed by atoms with Gasteiger partial charge < -0.3 is 10.5 Å². The third kappa shape index (κ3) is 4.22. The van der Waals surface area contributed by atoms with Gasteiger partial charge in [-0.05, 0) is 18.6 Å². The van der Waals surface area contributed by atoms with Gasteiger partial charge in [0.25, 0.3) is 0 Å². The van der Waals surface area contributed by atoms with Crippen LogP contribution in [0.4, 0.5) is 0 Å². The van der Waals surface area contributed by atoms with Gasteiger partial charge in [-0.1, -0.05) is 11.6 Å². The molecule has 1 aromatic rings. The van der Waals surface area contributed by atoms with E-state index in [2.05, 4.69) is 4.98 Å². The minimum atomic E-state index is 0.0622. The number of aromatic nitrogens is 1. The number of hydrogen-bond donors (Lipinski definition) is 1. The molecule has 3 nitrogen and oxygen atoms in total. The Balaban J connectivity index is 2.37. The van der Waals surface area contributed by atoms with Crippen LogP contribution >= 0.6 is 11.6 Å². The van der Waals surface area contributed by atoms with E-state index in [1.54, 1.807) is 12.4 Å². The summed E-state index contributed by atoms with van der Waals surface area (Å²) in [7, 11) is 0. The monoisotopic (exact) mass is 200 g/mol. The van der Waals surface area contributed by atoms with Gasteiger partial charge in [0.1, 0.15) is 0 Å². The van der Waals surface area contributed by atoms with E-state index in [4.69, 9.17) is 22.1 Å². The van der Waals surface area contributed by atoms with E-state index >= 15 is 0 Å². The number of hydrogen-bond acceptors (Lipinski definition) is 3. The molecule has 1 aromatic heterocycles. The molecule has 72 valence electrons. The average molecular weight is 201 g/mol. The largest absolute Gasteiger partial charge is 0.375 e. The summed E-state index contributed by atoms with van der Waals surface area (Å²) >= 11 is 5.74. The van der Waals surface area contributed by atoms with Crippen LogP contribution in [0.1, 0.15) is 12.5 Å². The molecule has 1 rings (SSSR count). The number of ether oxygens (including phenoxy) is 1. The molecule has 1 atom stereocenters. The summed E-state index contributed by atoms with van der Waals surface area (Å²) < 4.78 is 5.31. The van der Waals surface area contributed by atoms with Crippen molar-refractivity contribution in [3.63, 3.8) is 0 Å². The SMILES string of the molecule is C[C@H](N)COCc1cncc(Cl)c1. The molecular weight excluding hydrogens is 188 g/mol. The van der Waals surface area contributed by atoms with E-state index in [0.717, 1.165) is 5.56 Å². The van der Waals surface area contributed by atoms with Gasteiger partial charge in [-0.25, -0.2) is 0 Å². The van der Waals surface area contributed by atoms with Crippen molar-refractivity contribution in [3.8, 4) is 0 Å².